The van der Waals surface area contributed by atoms with Gasteiger partial charge in [-0.2, -0.15) is 5.10 Å². The van der Waals surface area contributed by atoms with Gasteiger partial charge in [-0.25, -0.2) is 4.98 Å². The zero-order valence-electron chi connectivity index (χ0n) is 12.2. The molecule has 3 heterocycles. The van der Waals surface area contributed by atoms with E-state index >= 15 is 0 Å². The van der Waals surface area contributed by atoms with Crippen LogP contribution in [0.3, 0.4) is 0 Å². The molecule has 0 aliphatic rings. The fourth-order valence-corrected chi connectivity index (χ4v) is 2.45. The maximum atomic E-state index is 12.1. The number of hydrogen-bond acceptors (Lipinski definition) is 3. The highest BCUT2D eigenvalue weighted by Crippen LogP contribution is 2.15. The number of H-pyrrole nitrogens is 2. The number of nitrogens with zero attached hydrogens (tertiary/aromatic N) is 2. The van der Waals surface area contributed by atoms with Crippen molar-refractivity contribution in [1.29, 1.82) is 0 Å². The van der Waals surface area contributed by atoms with E-state index in [0.717, 1.165) is 40.7 Å². The Morgan fingerprint density at radius 2 is 2.19 bits per heavy atom. The summed E-state index contributed by atoms with van der Waals surface area (Å²) in [6.07, 6.45) is 5.92. The Hall–Kier alpha value is -2.43. The molecule has 0 radical (unpaired) electrons. The Balaban J connectivity index is 1.60. The molecule has 0 saturated carbocycles. The number of Topliss-reactive ketones (excluding diaryl/α,β-unsaturated/α-hetero) is 1. The minimum atomic E-state index is 0.104. The van der Waals surface area contributed by atoms with Crippen LogP contribution in [0.4, 0.5) is 0 Å². The van der Waals surface area contributed by atoms with Gasteiger partial charge in [-0.3, -0.25) is 9.89 Å². The van der Waals surface area contributed by atoms with Gasteiger partial charge in [0.2, 0.25) is 0 Å². The summed E-state index contributed by atoms with van der Waals surface area (Å²) in [5.41, 5.74) is 4.55. The van der Waals surface area contributed by atoms with Crippen LogP contribution in [0.1, 0.15) is 40.2 Å². The molecule has 5 nitrogen and oxygen atoms in total. The predicted molar refractivity (Wildman–Crippen MR) is 81.4 cm³/mol. The average molecular weight is 282 g/mol. The monoisotopic (exact) mass is 282 g/mol. The lowest BCUT2D eigenvalue weighted by Gasteiger charge is -2.01. The first-order chi connectivity index (χ1) is 10.1. The Labute approximate surface area is 122 Å². The van der Waals surface area contributed by atoms with E-state index in [1.54, 1.807) is 0 Å². The number of ketones is 1. The fraction of sp³-hybridized carbons (Fsp3) is 0.312. The second-order valence-corrected chi connectivity index (χ2v) is 5.36. The summed E-state index contributed by atoms with van der Waals surface area (Å²) in [6, 6.07) is 4.13. The third-order valence-electron chi connectivity index (χ3n) is 3.84. The van der Waals surface area contributed by atoms with E-state index in [2.05, 4.69) is 26.2 Å². The molecule has 3 aromatic heterocycles. The van der Waals surface area contributed by atoms with Gasteiger partial charge in [0.05, 0.1) is 0 Å². The van der Waals surface area contributed by atoms with E-state index in [4.69, 9.17) is 0 Å². The molecule has 2 N–H and O–H groups in total. The number of nitrogens with one attached hydrogen (secondary N) is 2. The van der Waals surface area contributed by atoms with Crippen molar-refractivity contribution >= 4 is 16.8 Å². The standard InChI is InChI=1S/C16H18N4O/c1-10-11(2)19-20-15(10)14(21)5-3-4-12-8-13-6-7-17-16(13)18-9-12/h6-9H,3-5H2,1-2H3,(H,17,18)(H,19,20). The van der Waals surface area contributed by atoms with Crippen molar-refractivity contribution in [3.8, 4) is 0 Å². The summed E-state index contributed by atoms with van der Waals surface area (Å²) < 4.78 is 0. The number of aromatic nitrogens is 4. The number of fused-ring (bicyclic) bond motifs is 1. The zero-order valence-corrected chi connectivity index (χ0v) is 12.2. The average Bonchev–Trinajstić information content (AvgIpc) is 3.06. The van der Waals surface area contributed by atoms with Crippen LogP contribution in [0.2, 0.25) is 0 Å². The lowest BCUT2D eigenvalue weighted by molar-refractivity contribution is 0.0975. The summed E-state index contributed by atoms with van der Waals surface area (Å²) >= 11 is 0. The largest absolute Gasteiger partial charge is 0.346 e. The van der Waals surface area contributed by atoms with Gasteiger partial charge in [0.15, 0.2) is 5.78 Å². The summed E-state index contributed by atoms with van der Waals surface area (Å²) in [7, 11) is 0. The number of carbonyl (C=O) groups is 1. The van der Waals surface area contributed by atoms with Gasteiger partial charge in [0.1, 0.15) is 11.3 Å². The van der Waals surface area contributed by atoms with Gasteiger partial charge in [0.25, 0.3) is 0 Å². The molecule has 108 valence electrons. The summed E-state index contributed by atoms with van der Waals surface area (Å²) in [6.45, 7) is 3.85. The van der Waals surface area contributed by atoms with Crippen LogP contribution >= 0.6 is 0 Å². The van der Waals surface area contributed by atoms with Gasteiger partial charge < -0.3 is 4.98 Å². The third-order valence-corrected chi connectivity index (χ3v) is 3.84. The smallest absolute Gasteiger partial charge is 0.183 e. The van der Waals surface area contributed by atoms with Gasteiger partial charge >= 0.3 is 0 Å². The maximum absolute atomic E-state index is 12.1. The molecule has 0 aromatic carbocycles. The minimum absolute atomic E-state index is 0.104. The molecule has 0 aliphatic carbocycles. The summed E-state index contributed by atoms with van der Waals surface area (Å²) in [5, 5.41) is 8.05. The number of hydrogen-bond donors (Lipinski definition) is 2. The van der Waals surface area contributed by atoms with Crippen molar-refractivity contribution in [2.24, 2.45) is 0 Å². The predicted octanol–water partition coefficient (Wildman–Crippen LogP) is 3.11. The topological polar surface area (TPSA) is 74.4 Å². The van der Waals surface area contributed by atoms with Crippen molar-refractivity contribution in [1.82, 2.24) is 20.2 Å². The first-order valence-electron chi connectivity index (χ1n) is 7.12. The summed E-state index contributed by atoms with van der Waals surface area (Å²) in [5.74, 6) is 0.104. The molecule has 3 rings (SSSR count). The molecule has 5 heteroatoms. The SMILES string of the molecule is Cc1[nH]nc(C(=O)CCCc2cnc3[nH]ccc3c2)c1C. The maximum Gasteiger partial charge on any atom is 0.183 e. The second kappa shape index (κ2) is 5.52. The molecular weight excluding hydrogens is 264 g/mol. The van der Waals surface area contributed by atoms with E-state index in [0.29, 0.717) is 12.1 Å². The third kappa shape index (κ3) is 2.72. The lowest BCUT2D eigenvalue weighted by Crippen LogP contribution is -2.02. The number of rotatable bonds is 5. The summed E-state index contributed by atoms with van der Waals surface area (Å²) in [4.78, 5) is 19.6. The molecule has 0 atom stereocenters. The quantitative estimate of drug-likeness (QED) is 0.706. The van der Waals surface area contributed by atoms with Crippen molar-refractivity contribution in [2.75, 3.05) is 0 Å². The second-order valence-electron chi connectivity index (χ2n) is 5.36. The Morgan fingerprint density at radius 3 is 2.95 bits per heavy atom. The van der Waals surface area contributed by atoms with Crippen LogP contribution in [0.5, 0.6) is 0 Å². The number of carbonyl (C=O) groups excluding carboxylic acids is 1. The highest BCUT2D eigenvalue weighted by molar-refractivity contribution is 5.95. The van der Waals surface area contributed by atoms with Gasteiger partial charge in [0, 0.05) is 35.5 Å². The van der Waals surface area contributed by atoms with E-state index < -0.39 is 0 Å². The zero-order chi connectivity index (χ0) is 14.8. The minimum Gasteiger partial charge on any atom is -0.346 e. The Kier molecular flexibility index (Phi) is 3.56. The molecule has 21 heavy (non-hydrogen) atoms. The molecule has 0 aliphatic heterocycles. The first-order valence-corrected chi connectivity index (χ1v) is 7.12. The molecule has 3 aromatic rings. The van der Waals surface area contributed by atoms with Gasteiger partial charge in [-0.15, -0.1) is 0 Å². The van der Waals surface area contributed by atoms with Crippen molar-refractivity contribution in [2.45, 2.75) is 33.1 Å². The van der Waals surface area contributed by atoms with Crippen LogP contribution in [0.25, 0.3) is 11.0 Å². The van der Waals surface area contributed by atoms with Crippen molar-refractivity contribution in [3.63, 3.8) is 0 Å². The number of aryl methyl sites for hydroxylation is 2. The molecule has 0 fully saturated rings. The molecule has 0 amide bonds. The van der Waals surface area contributed by atoms with Crippen LogP contribution in [0, 0.1) is 13.8 Å². The molecule has 0 spiro atoms. The number of aromatic amines is 2. The highest BCUT2D eigenvalue weighted by atomic mass is 16.1. The van der Waals surface area contributed by atoms with Gasteiger partial charge in [-0.1, -0.05) is 0 Å². The van der Waals surface area contributed by atoms with Crippen LogP contribution in [-0.2, 0) is 6.42 Å². The fourth-order valence-electron chi connectivity index (χ4n) is 2.45. The molecular formula is C16H18N4O. The van der Waals surface area contributed by atoms with E-state index in [9.17, 15) is 4.79 Å². The Bertz CT molecular complexity index is 785. The van der Waals surface area contributed by atoms with Crippen molar-refractivity contribution < 1.29 is 4.79 Å². The van der Waals surface area contributed by atoms with Gasteiger partial charge in [-0.05, 0) is 44.4 Å². The van der Waals surface area contributed by atoms with E-state index in [1.807, 2.05) is 32.3 Å². The van der Waals surface area contributed by atoms with Crippen LogP contribution in [0.15, 0.2) is 24.5 Å². The first kappa shape index (κ1) is 13.5. The van der Waals surface area contributed by atoms with E-state index in [-0.39, 0.29) is 5.78 Å². The van der Waals surface area contributed by atoms with Crippen molar-refractivity contribution in [3.05, 3.63) is 47.0 Å². The van der Waals surface area contributed by atoms with E-state index in [1.165, 1.54) is 0 Å². The number of pyridine rings is 1. The molecule has 0 unspecified atom stereocenters. The van der Waals surface area contributed by atoms with Crippen LogP contribution in [-0.4, -0.2) is 25.9 Å². The molecule has 0 saturated heterocycles. The Morgan fingerprint density at radius 1 is 1.33 bits per heavy atom. The lowest BCUT2D eigenvalue weighted by atomic mass is 10.0. The molecule has 0 bridgehead atoms. The highest BCUT2D eigenvalue weighted by Gasteiger charge is 2.13. The van der Waals surface area contributed by atoms with Crippen LogP contribution < -0.4 is 0 Å². The normalized spacial score (nSPS) is 11.1.